The molecule has 1 atom stereocenters. The number of anilines is 1. The lowest BCUT2D eigenvalue weighted by Gasteiger charge is -2.19. The molecule has 1 amide bonds. The Hall–Kier alpha value is -3.02. The van der Waals surface area contributed by atoms with E-state index in [1.54, 1.807) is 0 Å². The smallest absolute Gasteiger partial charge is 0.263 e. The maximum absolute atomic E-state index is 13.1. The molecule has 1 aromatic carbocycles. The third kappa shape index (κ3) is 3.42. The van der Waals surface area contributed by atoms with E-state index >= 15 is 0 Å². The van der Waals surface area contributed by atoms with Crippen molar-refractivity contribution >= 4 is 22.6 Å². The van der Waals surface area contributed by atoms with Crippen LogP contribution in [0, 0.1) is 6.92 Å². The highest BCUT2D eigenvalue weighted by Gasteiger charge is 2.22. The molecule has 1 aliphatic rings. The Morgan fingerprint density at radius 3 is 2.71 bits per heavy atom. The summed E-state index contributed by atoms with van der Waals surface area (Å²) in [7, 11) is 0. The van der Waals surface area contributed by atoms with E-state index in [0.717, 1.165) is 42.5 Å². The molecule has 0 saturated carbocycles. The molecule has 6 heteroatoms. The Morgan fingerprint density at radius 1 is 1.21 bits per heavy atom. The quantitative estimate of drug-likeness (QED) is 0.755. The molecule has 6 nitrogen and oxygen atoms in total. The van der Waals surface area contributed by atoms with Gasteiger partial charge in [-0.3, -0.25) is 14.2 Å². The first-order valence-corrected chi connectivity index (χ1v) is 9.84. The lowest BCUT2D eigenvalue weighted by atomic mass is 9.95. The topological polar surface area (TPSA) is 76.9 Å². The molecule has 0 bridgehead atoms. The third-order valence-corrected chi connectivity index (χ3v) is 5.39. The lowest BCUT2D eigenvalue weighted by Crippen LogP contribution is -2.33. The van der Waals surface area contributed by atoms with Crippen molar-refractivity contribution in [2.75, 3.05) is 5.32 Å². The Labute approximate surface area is 163 Å². The number of carbonyl (C=O) groups is 1. The van der Waals surface area contributed by atoms with E-state index in [1.807, 2.05) is 44.2 Å². The maximum atomic E-state index is 13.1. The van der Waals surface area contributed by atoms with Gasteiger partial charge in [0.2, 0.25) is 5.91 Å². The number of nitrogens with zero attached hydrogens (tertiary/aromatic N) is 3. The fourth-order valence-corrected chi connectivity index (χ4v) is 3.78. The molecule has 144 valence electrons. The molecule has 0 radical (unpaired) electrons. The van der Waals surface area contributed by atoms with Crippen molar-refractivity contribution in [3.8, 4) is 0 Å². The second-order valence-corrected chi connectivity index (χ2v) is 7.41. The Balaban J connectivity index is 1.69. The molecule has 0 fully saturated rings. The number of hydrogen-bond acceptors (Lipinski definition) is 4. The highest BCUT2D eigenvalue weighted by Crippen LogP contribution is 2.22. The Morgan fingerprint density at radius 2 is 1.96 bits per heavy atom. The molecule has 1 unspecified atom stereocenters. The molecular weight excluding hydrogens is 352 g/mol. The summed E-state index contributed by atoms with van der Waals surface area (Å²) in [6.07, 6.45) is 6.06. The largest absolute Gasteiger partial charge is 0.324 e. The van der Waals surface area contributed by atoms with Crippen LogP contribution in [0.2, 0.25) is 0 Å². The standard InChI is InChI=1S/C22H24N4O2/c1-3-19(21(27)24-16-10-8-14(2)9-11-16)26-13-23-20-17(22(26)28)12-15-6-4-5-7-18(15)25-20/h8-13,19H,3-7H2,1-2H3,(H,24,27). The van der Waals surface area contributed by atoms with Crippen LogP contribution < -0.4 is 10.9 Å². The van der Waals surface area contributed by atoms with Gasteiger partial charge < -0.3 is 5.32 Å². The van der Waals surface area contributed by atoms with Gasteiger partial charge in [0.1, 0.15) is 12.4 Å². The number of benzene rings is 1. The van der Waals surface area contributed by atoms with Gasteiger partial charge in [-0.1, -0.05) is 24.6 Å². The average molecular weight is 376 g/mol. The number of carbonyl (C=O) groups excluding carboxylic acids is 1. The summed E-state index contributed by atoms with van der Waals surface area (Å²) in [5, 5.41) is 3.39. The summed E-state index contributed by atoms with van der Waals surface area (Å²) in [6, 6.07) is 8.90. The molecule has 0 aliphatic heterocycles. The van der Waals surface area contributed by atoms with Crippen LogP contribution in [0.1, 0.15) is 49.0 Å². The van der Waals surface area contributed by atoms with Gasteiger partial charge in [0, 0.05) is 11.4 Å². The van der Waals surface area contributed by atoms with E-state index in [0.29, 0.717) is 23.1 Å². The minimum atomic E-state index is -0.623. The zero-order chi connectivity index (χ0) is 19.7. The monoisotopic (exact) mass is 376 g/mol. The fraction of sp³-hybridized carbons (Fsp3) is 0.364. The molecule has 28 heavy (non-hydrogen) atoms. The first-order valence-electron chi connectivity index (χ1n) is 9.84. The van der Waals surface area contributed by atoms with Crippen molar-refractivity contribution in [2.45, 2.75) is 52.0 Å². The van der Waals surface area contributed by atoms with Gasteiger partial charge in [0.25, 0.3) is 5.56 Å². The number of hydrogen-bond donors (Lipinski definition) is 1. The highest BCUT2D eigenvalue weighted by atomic mass is 16.2. The van der Waals surface area contributed by atoms with Crippen LogP contribution in [0.25, 0.3) is 11.0 Å². The van der Waals surface area contributed by atoms with Crippen molar-refractivity contribution < 1.29 is 4.79 Å². The van der Waals surface area contributed by atoms with E-state index < -0.39 is 6.04 Å². The van der Waals surface area contributed by atoms with E-state index in [1.165, 1.54) is 10.9 Å². The van der Waals surface area contributed by atoms with Gasteiger partial charge in [0.05, 0.1) is 5.39 Å². The predicted molar refractivity (Wildman–Crippen MR) is 110 cm³/mol. The number of aryl methyl sites for hydroxylation is 3. The van der Waals surface area contributed by atoms with Crippen LogP contribution in [0.3, 0.4) is 0 Å². The molecule has 0 spiro atoms. The third-order valence-electron chi connectivity index (χ3n) is 5.39. The summed E-state index contributed by atoms with van der Waals surface area (Å²) in [6.45, 7) is 3.88. The highest BCUT2D eigenvalue weighted by molar-refractivity contribution is 5.93. The molecule has 2 heterocycles. The molecule has 1 N–H and O–H groups in total. The second-order valence-electron chi connectivity index (χ2n) is 7.41. The van der Waals surface area contributed by atoms with E-state index in [-0.39, 0.29) is 11.5 Å². The number of aromatic nitrogens is 3. The van der Waals surface area contributed by atoms with Crippen LogP contribution in [0.4, 0.5) is 5.69 Å². The molecule has 1 aliphatic carbocycles. The van der Waals surface area contributed by atoms with Gasteiger partial charge in [0.15, 0.2) is 5.65 Å². The lowest BCUT2D eigenvalue weighted by molar-refractivity contribution is -0.119. The van der Waals surface area contributed by atoms with Crippen molar-refractivity contribution in [3.63, 3.8) is 0 Å². The van der Waals surface area contributed by atoms with Gasteiger partial charge in [-0.25, -0.2) is 9.97 Å². The van der Waals surface area contributed by atoms with Crippen LogP contribution in [-0.2, 0) is 17.6 Å². The van der Waals surface area contributed by atoms with Crippen LogP contribution in [0.15, 0.2) is 41.5 Å². The first-order chi connectivity index (χ1) is 13.6. The summed E-state index contributed by atoms with van der Waals surface area (Å²) < 4.78 is 1.43. The Bertz CT molecular complexity index is 1090. The van der Waals surface area contributed by atoms with Crippen molar-refractivity contribution in [1.82, 2.24) is 14.5 Å². The normalized spacial score (nSPS) is 14.5. The zero-order valence-electron chi connectivity index (χ0n) is 16.2. The number of fused-ring (bicyclic) bond motifs is 2. The van der Waals surface area contributed by atoms with Gasteiger partial charge >= 0.3 is 0 Å². The van der Waals surface area contributed by atoms with Gasteiger partial charge in [-0.15, -0.1) is 0 Å². The molecule has 0 saturated heterocycles. The van der Waals surface area contributed by atoms with Gasteiger partial charge in [-0.05, 0) is 62.8 Å². The molecule has 2 aromatic heterocycles. The summed E-state index contributed by atoms with van der Waals surface area (Å²) in [4.78, 5) is 34.9. The van der Waals surface area contributed by atoms with Crippen LogP contribution in [0.5, 0.6) is 0 Å². The minimum Gasteiger partial charge on any atom is -0.324 e. The number of amides is 1. The minimum absolute atomic E-state index is 0.211. The van der Waals surface area contributed by atoms with Gasteiger partial charge in [-0.2, -0.15) is 0 Å². The maximum Gasteiger partial charge on any atom is 0.263 e. The molecular formula is C22H24N4O2. The summed E-state index contributed by atoms with van der Waals surface area (Å²) in [5.41, 5.74) is 4.27. The first kappa shape index (κ1) is 18.3. The van der Waals surface area contributed by atoms with E-state index in [2.05, 4.69) is 15.3 Å². The van der Waals surface area contributed by atoms with Crippen molar-refractivity contribution in [2.24, 2.45) is 0 Å². The number of nitrogens with one attached hydrogen (secondary N) is 1. The molecule has 4 rings (SSSR count). The van der Waals surface area contributed by atoms with E-state index in [9.17, 15) is 9.59 Å². The number of rotatable bonds is 4. The molecule has 3 aromatic rings. The SMILES string of the molecule is CCC(C(=O)Nc1ccc(C)cc1)n1cnc2nc3c(cc2c1=O)CCCC3. The second kappa shape index (κ2) is 7.54. The van der Waals surface area contributed by atoms with Crippen LogP contribution >= 0.6 is 0 Å². The summed E-state index contributed by atoms with van der Waals surface area (Å²) in [5.74, 6) is -0.222. The van der Waals surface area contributed by atoms with Crippen LogP contribution in [-0.4, -0.2) is 20.4 Å². The summed E-state index contributed by atoms with van der Waals surface area (Å²) >= 11 is 0. The number of pyridine rings is 1. The predicted octanol–water partition coefficient (Wildman–Crippen LogP) is 3.57. The zero-order valence-corrected chi connectivity index (χ0v) is 16.2. The Kier molecular flexibility index (Phi) is 4.94. The van der Waals surface area contributed by atoms with Crippen molar-refractivity contribution in [3.05, 3.63) is 63.8 Å². The average Bonchev–Trinajstić information content (AvgIpc) is 2.71. The van der Waals surface area contributed by atoms with Crippen molar-refractivity contribution in [1.29, 1.82) is 0 Å². The van der Waals surface area contributed by atoms with E-state index in [4.69, 9.17) is 0 Å². The fourth-order valence-electron chi connectivity index (χ4n) is 3.78.